The van der Waals surface area contributed by atoms with Crippen LogP contribution in [-0.2, 0) is 21.4 Å². The van der Waals surface area contributed by atoms with E-state index in [0.29, 0.717) is 11.7 Å². The van der Waals surface area contributed by atoms with Crippen molar-refractivity contribution in [3.8, 4) is 11.5 Å². The minimum absolute atomic E-state index is 0.0384. The molecule has 0 spiro atoms. The van der Waals surface area contributed by atoms with E-state index >= 15 is 0 Å². The van der Waals surface area contributed by atoms with E-state index in [9.17, 15) is 17.6 Å². The molecule has 1 heterocycles. The van der Waals surface area contributed by atoms with Gasteiger partial charge >= 0.3 is 0 Å². The van der Waals surface area contributed by atoms with Crippen LogP contribution in [0.15, 0.2) is 65.6 Å². The quantitative estimate of drug-likeness (QED) is 0.348. The minimum atomic E-state index is -4.29. The van der Waals surface area contributed by atoms with Crippen molar-refractivity contribution in [2.45, 2.75) is 31.2 Å². The van der Waals surface area contributed by atoms with Crippen LogP contribution in [-0.4, -0.2) is 48.2 Å². The number of rotatable bonds is 10. The zero-order valence-electron chi connectivity index (χ0n) is 22.7. The molecule has 4 rings (SSSR count). The second-order valence-corrected chi connectivity index (χ2v) is 12.0. The summed E-state index contributed by atoms with van der Waals surface area (Å²) >= 11 is 5.96. The number of nitrogens with one attached hydrogen (secondary N) is 1. The van der Waals surface area contributed by atoms with Crippen molar-refractivity contribution in [3.05, 3.63) is 77.1 Å². The molecule has 8 nitrogen and oxygen atoms in total. The maximum absolute atomic E-state index is 13.9. The normalized spacial score (nSPS) is 15.4. The number of ether oxygens (including phenoxy) is 2. The predicted molar refractivity (Wildman–Crippen MR) is 154 cm³/mol. The van der Waals surface area contributed by atoms with Crippen LogP contribution >= 0.6 is 11.6 Å². The Bertz CT molecular complexity index is 1450. The molecule has 3 aromatic rings. The van der Waals surface area contributed by atoms with Gasteiger partial charge in [-0.15, -0.1) is 0 Å². The highest BCUT2D eigenvalue weighted by atomic mass is 35.5. The highest BCUT2D eigenvalue weighted by Crippen LogP contribution is 2.33. The number of hydrogen-bond acceptors (Lipinski definition) is 6. The average Bonchev–Trinajstić information content (AvgIpc) is 2.96. The molecule has 1 aliphatic heterocycles. The van der Waals surface area contributed by atoms with Crippen LogP contribution in [0.2, 0.25) is 5.02 Å². The number of methoxy groups -OCH3 is 2. The van der Waals surface area contributed by atoms with Crippen LogP contribution in [0.3, 0.4) is 0 Å². The van der Waals surface area contributed by atoms with Gasteiger partial charge in [0.05, 0.1) is 29.8 Å². The van der Waals surface area contributed by atoms with E-state index in [1.54, 1.807) is 0 Å². The Kier molecular flexibility index (Phi) is 9.42. The number of halogens is 2. The number of sulfonamides is 1. The topological polar surface area (TPSA) is 88.2 Å². The summed E-state index contributed by atoms with van der Waals surface area (Å²) in [4.78, 5) is 15.3. The van der Waals surface area contributed by atoms with Gasteiger partial charge in [0.25, 0.3) is 10.0 Å². The number of nitrogens with zero attached hydrogens (tertiary/aromatic N) is 2. The van der Waals surface area contributed by atoms with Crippen molar-refractivity contribution in [3.63, 3.8) is 0 Å². The Balaban J connectivity index is 1.52. The second-order valence-electron chi connectivity index (χ2n) is 9.76. The third-order valence-electron chi connectivity index (χ3n) is 6.87. The molecule has 1 atom stereocenters. The second kappa shape index (κ2) is 12.8. The van der Waals surface area contributed by atoms with Crippen molar-refractivity contribution < 1.29 is 27.1 Å². The van der Waals surface area contributed by atoms with E-state index in [0.717, 1.165) is 34.7 Å². The number of benzene rings is 3. The van der Waals surface area contributed by atoms with Gasteiger partial charge in [0.1, 0.15) is 12.4 Å². The standard InChI is InChI=1S/C29H33ClFN3O5S/c1-20-5-4-14-33(18-20)22-8-6-21(7-9-22)17-32-29(35)19-34(23-10-12-26(31)25(30)15-23)40(36,37)24-11-13-27(38-2)28(16-24)39-3/h6-13,15-16,20H,4-5,14,17-19H2,1-3H3,(H,32,35). The summed E-state index contributed by atoms with van der Waals surface area (Å²) < 4.78 is 52.7. The summed E-state index contributed by atoms with van der Waals surface area (Å²) in [5.41, 5.74) is 2.06. The monoisotopic (exact) mass is 589 g/mol. The first-order chi connectivity index (χ1) is 19.1. The van der Waals surface area contributed by atoms with E-state index in [-0.39, 0.29) is 27.9 Å². The predicted octanol–water partition coefficient (Wildman–Crippen LogP) is 5.24. The van der Waals surface area contributed by atoms with Gasteiger partial charge in [0.15, 0.2) is 11.5 Å². The van der Waals surface area contributed by atoms with E-state index in [1.807, 2.05) is 24.3 Å². The van der Waals surface area contributed by atoms with Gasteiger partial charge in [0.2, 0.25) is 5.91 Å². The molecule has 0 bridgehead atoms. The van der Waals surface area contributed by atoms with Crippen LogP contribution < -0.4 is 24.0 Å². The van der Waals surface area contributed by atoms with Crippen LogP contribution in [0.1, 0.15) is 25.3 Å². The molecule has 1 fully saturated rings. The fraction of sp³-hybridized carbons (Fsp3) is 0.345. The highest BCUT2D eigenvalue weighted by Gasteiger charge is 2.29. The number of carbonyl (C=O) groups is 1. The van der Waals surface area contributed by atoms with Crippen molar-refractivity contribution in [2.75, 3.05) is 43.1 Å². The molecular formula is C29H33ClFN3O5S. The molecule has 3 aromatic carbocycles. The minimum Gasteiger partial charge on any atom is -0.493 e. The third-order valence-corrected chi connectivity index (χ3v) is 8.93. The largest absolute Gasteiger partial charge is 0.493 e. The molecule has 1 aliphatic rings. The summed E-state index contributed by atoms with van der Waals surface area (Å²) in [6, 6.07) is 15.6. The Morgan fingerprint density at radius 3 is 2.45 bits per heavy atom. The zero-order chi connectivity index (χ0) is 28.9. The van der Waals surface area contributed by atoms with Gasteiger partial charge in [-0.2, -0.15) is 0 Å². The Morgan fingerprint density at radius 2 is 1.80 bits per heavy atom. The van der Waals surface area contributed by atoms with E-state index in [1.165, 1.54) is 57.4 Å². The molecule has 1 unspecified atom stereocenters. The SMILES string of the molecule is COc1ccc(S(=O)(=O)N(CC(=O)NCc2ccc(N3CCCC(C)C3)cc2)c2ccc(F)c(Cl)c2)cc1OC. The molecule has 40 heavy (non-hydrogen) atoms. The van der Waals surface area contributed by atoms with Crippen molar-refractivity contribution in [1.82, 2.24) is 5.32 Å². The van der Waals surface area contributed by atoms with Crippen molar-refractivity contribution >= 4 is 38.9 Å². The number of anilines is 2. The molecule has 1 N–H and O–H groups in total. The lowest BCUT2D eigenvalue weighted by Crippen LogP contribution is -2.40. The summed E-state index contributed by atoms with van der Waals surface area (Å²) in [6.45, 7) is 3.96. The highest BCUT2D eigenvalue weighted by molar-refractivity contribution is 7.92. The van der Waals surface area contributed by atoms with Crippen molar-refractivity contribution in [1.29, 1.82) is 0 Å². The number of carbonyl (C=O) groups excluding carboxylic acids is 1. The van der Waals surface area contributed by atoms with E-state index < -0.39 is 28.3 Å². The van der Waals surface area contributed by atoms with E-state index in [2.05, 4.69) is 17.1 Å². The zero-order valence-corrected chi connectivity index (χ0v) is 24.3. The summed E-state index contributed by atoms with van der Waals surface area (Å²) in [5.74, 6) is -0.0508. The van der Waals surface area contributed by atoms with Crippen LogP contribution in [0.4, 0.5) is 15.8 Å². The lowest BCUT2D eigenvalue weighted by molar-refractivity contribution is -0.119. The van der Waals surface area contributed by atoms with Gasteiger partial charge in [0, 0.05) is 31.4 Å². The molecule has 11 heteroatoms. The van der Waals surface area contributed by atoms with E-state index in [4.69, 9.17) is 21.1 Å². The fourth-order valence-electron chi connectivity index (χ4n) is 4.69. The Labute approximate surface area is 239 Å². The fourth-order valence-corrected chi connectivity index (χ4v) is 6.30. The molecule has 1 saturated heterocycles. The first kappa shape index (κ1) is 29.5. The molecule has 0 radical (unpaired) electrons. The molecular weight excluding hydrogens is 557 g/mol. The maximum Gasteiger partial charge on any atom is 0.264 e. The van der Waals surface area contributed by atoms with Crippen molar-refractivity contribution in [2.24, 2.45) is 5.92 Å². The van der Waals surface area contributed by atoms with Gasteiger partial charge in [-0.25, -0.2) is 12.8 Å². The van der Waals surface area contributed by atoms with Gasteiger partial charge in [-0.3, -0.25) is 9.10 Å². The molecule has 0 aromatic heterocycles. The summed E-state index contributed by atoms with van der Waals surface area (Å²) in [6.07, 6.45) is 2.41. The average molecular weight is 590 g/mol. The van der Waals surface area contributed by atoms with Gasteiger partial charge in [-0.05, 0) is 66.8 Å². The van der Waals surface area contributed by atoms with Gasteiger partial charge in [-0.1, -0.05) is 30.7 Å². The number of hydrogen-bond donors (Lipinski definition) is 1. The molecule has 1 amide bonds. The molecule has 0 saturated carbocycles. The lowest BCUT2D eigenvalue weighted by Gasteiger charge is -2.32. The maximum atomic E-state index is 13.9. The molecule has 0 aliphatic carbocycles. The van der Waals surface area contributed by atoms with Crippen LogP contribution in [0, 0.1) is 11.7 Å². The summed E-state index contributed by atoms with van der Waals surface area (Å²) in [7, 11) is -1.47. The Morgan fingerprint density at radius 1 is 1.07 bits per heavy atom. The number of amides is 1. The molecule has 214 valence electrons. The first-order valence-electron chi connectivity index (χ1n) is 12.9. The third kappa shape index (κ3) is 6.79. The Hall–Kier alpha value is -3.50. The van der Waals surface area contributed by atoms with Gasteiger partial charge < -0.3 is 19.7 Å². The first-order valence-corrected chi connectivity index (χ1v) is 14.7. The van der Waals surface area contributed by atoms with Crippen LogP contribution in [0.25, 0.3) is 0 Å². The smallest absolute Gasteiger partial charge is 0.264 e. The summed E-state index contributed by atoms with van der Waals surface area (Å²) in [5, 5.41) is 2.52. The lowest BCUT2D eigenvalue weighted by atomic mass is 9.99. The van der Waals surface area contributed by atoms with Crippen LogP contribution in [0.5, 0.6) is 11.5 Å². The number of piperidine rings is 1.